The third-order valence-electron chi connectivity index (χ3n) is 3.78. The molecule has 0 aromatic heterocycles. The summed E-state index contributed by atoms with van der Waals surface area (Å²) >= 11 is 1.39. The van der Waals surface area contributed by atoms with E-state index in [0.29, 0.717) is 11.4 Å². The van der Waals surface area contributed by atoms with Crippen LogP contribution in [0.3, 0.4) is 0 Å². The fourth-order valence-corrected chi connectivity index (χ4v) is 3.35. The van der Waals surface area contributed by atoms with Gasteiger partial charge < -0.3 is 0 Å². The van der Waals surface area contributed by atoms with E-state index in [9.17, 15) is 14.9 Å². The van der Waals surface area contributed by atoms with Crippen LogP contribution < -0.4 is 0 Å². The van der Waals surface area contributed by atoms with E-state index in [-0.39, 0.29) is 11.6 Å². The summed E-state index contributed by atoms with van der Waals surface area (Å²) in [5, 5.41) is 11.5. The Balaban J connectivity index is 2.20. The van der Waals surface area contributed by atoms with Gasteiger partial charge in [0, 0.05) is 25.2 Å². The summed E-state index contributed by atoms with van der Waals surface area (Å²) in [5.74, 6) is -0.0351. The molecule has 1 fully saturated rings. The molecule has 0 radical (unpaired) electrons. The highest BCUT2D eigenvalue weighted by Crippen LogP contribution is 2.33. The standard InChI is InChI=1S/C18H23N3O3S/c1-3-5-11-19-18-20(12-6-4-2)17(22)16(25-18)13-14-7-9-15(10-8-14)21(23)24/h7-10,13H,3-6,11-12H2,1-2H3/b16-13-,19-18?. The van der Waals surface area contributed by atoms with Crippen molar-refractivity contribution in [2.45, 2.75) is 39.5 Å². The van der Waals surface area contributed by atoms with Gasteiger partial charge in [-0.1, -0.05) is 26.7 Å². The topological polar surface area (TPSA) is 75.8 Å². The van der Waals surface area contributed by atoms with E-state index >= 15 is 0 Å². The number of unbranched alkanes of at least 4 members (excludes halogenated alkanes) is 2. The maximum atomic E-state index is 12.7. The lowest BCUT2D eigenvalue weighted by molar-refractivity contribution is -0.384. The maximum absolute atomic E-state index is 12.7. The maximum Gasteiger partial charge on any atom is 0.269 e. The number of nitro benzene ring substituents is 1. The van der Waals surface area contributed by atoms with Crippen LogP contribution in [-0.2, 0) is 4.79 Å². The SMILES string of the molecule is CCCCN=C1S/C(=C\c2ccc([N+](=O)[O-])cc2)C(=O)N1CCCC. The summed E-state index contributed by atoms with van der Waals surface area (Å²) in [6.07, 6.45) is 5.79. The van der Waals surface area contributed by atoms with Crippen molar-refractivity contribution in [3.8, 4) is 0 Å². The number of thioether (sulfide) groups is 1. The number of carbonyl (C=O) groups excluding carboxylic acids is 1. The van der Waals surface area contributed by atoms with Gasteiger partial charge in [0.15, 0.2) is 5.17 Å². The molecule has 0 bridgehead atoms. The molecule has 25 heavy (non-hydrogen) atoms. The van der Waals surface area contributed by atoms with Crippen molar-refractivity contribution in [2.75, 3.05) is 13.1 Å². The van der Waals surface area contributed by atoms with Gasteiger partial charge in [-0.2, -0.15) is 0 Å². The van der Waals surface area contributed by atoms with E-state index < -0.39 is 4.92 Å². The Morgan fingerprint density at radius 2 is 1.88 bits per heavy atom. The van der Waals surface area contributed by atoms with Crippen molar-refractivity contribution < 1.29 is 9.72 Å². The average molecular weight is 361 g/mol. The summed E-state index contributed by atoms with van der Waals surface area (Å²) in [5.41, 5.74) is 0.811. The minimum atomic E-state index is -0.433. The first-order valence-electron chi connectivity index (χ1n) is 8.57. The first-order valence-corrected chi connectivity index (χ1v) is 9.38. The zero-order chi connectivity index (χ0) is 18.2. The first-order chi connectivity index (χ1) is 12.1. The van der Waals surface area contributed by atoms with Gasteiger partial charge in [-0.05, 0) is 48.4 Å². The van der Waals surface area contributed by atoms with Crippen LogP contribution in [0.4, 0.5) is 5.69 Å². The number of amidine groups is 1. The number of nitro groups is 1. The number of non-ortho nitro benzene ring substituents is 1. The molecule has 0 unspecified atom stereocenters. The predicted molar refractivity (Wildman–Crippen MR) is 102 cm³/mol. The highest BCUT2D eigenvalue weighted by molar-refractivity contribution is 8.18. The van der Waals surface area contributed by atoms with Gasteiger partial charge >= 0.3 is 0 Å². The number of aliphatic imine (C=N–C) groups is 1. The Bertz CT molecular complexity index is 683. The van der Waals surface area contributed by atoms with Gasteiger partial charge in [-0.3, -0.25) is 24.8 Å². The minimum absolute atomic E-state index is 0.0351. The molecule has 0 atom stereocenters. The van der Waals surface area contributed by atoms with E-state index in [4.69, 9.17) is 0 Å². The van der Waals surface area contributed by atoms with Crippen LogP contribution in [0.2, 0.25) is 0 Å². The molecular weight excluding hydrogens is 338 g/mol. The molecule has 1 aliphatic heterocycles. The number of nitrogens with zero attached hydrogens (tertiary/aromatic N) is 3. The van der Waals surface area contributed by atoms with E-state index in [2.05, 4.69) is 18.8 Å². The van der Waals surface area contributed by atoms with Crippen molar-refractivity contribution in [3.05, 3.63) is 44.8 Å². The molecule has 1 aromatic carbocycles. The molecule has 7 heteroatoms. The minimum Gasteiger partial charge on any atom is -0.287 e. The Morgan fingerprint density at radius 1 is 1.20 bits per heavy atom. The lowest BCUT2D eigenvalue weighted by atomic mass is 10.2. The Kier molecular flexibility index (Phi) is 7.18. The van der Waals surface area contributed by atoms with Crippen molar-refractivity contribution in [1.29, 1.82) is 0 Å². The smallest absolute Gasteiger partial charge is 0.269 e. The molecule has 0 spiro atoms. The summed E-state index contributed by atoms with van der Waals surface area (Å²) in [7, 11) is 0. The summed E-state index contributed by atoms with van der Waals surface area (Å²) in [4.78, 5) is 29.9. The van der Waals surface area contributed by atoms with Crippen molar-refractivity contribution in [3.63, 3.8) is 0 Å². The van der Waals surface area contributed by atoms with Crippen LogP contribution in [0.15, 0.2) is 34.2 Å². The molecule has 0 N–H and O–H groups in total. The fourth-order valence-electron chi connectivity index (χ4n) is 2.32. The Labute approximate surface area is 152 Å². The Morgan fingerprint density at radius 3 is 2.48 bits per heavy atom. The van der Waals surface area contributed by atoms with Gasteiger partial charge in [0.25, 0.3) is 11.6 Å². The van der Waals surface area contributed by atoms with Gasteiger partial charge in [0.2, 0.25) is 0 Å². The van der Waals surface area contributed by atoms with Crippen LogP contribution in [0.5, 0.6) is 0 Å². The summed E-state index contributed by atoms with van der Waals surface area (Å²) < 4.78 is 0. The van der Waals surface area contributed by atoms with E-state index in [1.165, 1.54) is 23.9 Å². The molecule has 0 aliphatic carbocycles. The second-order valence-electron chi connectivity index (χ2n) is 5.79. The number of carbonyl (C=O) groups is 1. The zero-order valence-electron chi connectivity index (χ0n) is 14.6. The highest BCUT2D eigenvalue weighted by Gasteiger charge is 2.32. The largest absolute Gasteiger partial charge is 0.287 e. The fraction of sp³-hybridized carbons (Fsp3) is 0.444. The molecule has 6 nitrogen and oxygen atoms in total. The third-order valence-corrected chi connectivity index (χ3v) is 4.83. The quantitative estimate of drug-likeness (QED) is 0.296. The monoisotopic (exact) mass is 361 g/mol. The third kappa shape index (κ3) is 5.16. The molecule has 2 rings (SSSR count). The lowest BCUT2D eigenvalue weighted by Gasteiger charge is -2.14. The molecule has 1 aromatic rings. The van der Waals surface area contributed by atoms with Crippen molar-refractivity contribution in [2.24, 2.45) is 4.99 Å². The van der Waals surface area contributed by atoms with E-state index in [1.807, 2.05) is 0 Å². The molecule has 1 saturated heterocycles. The van der Waals surface area contributed by atoms with Gasteiger partial charge in [0.05, 0.1) is 9.83 Å². The van der Waals surface area contributed by atoms with Crippen molar-refractivity contribution in [1.82, 2.24) is 4.90 Å². The average Bonchev–Trinajstić information content (AvgIpc) is 2.89. The van der Waals surface area contributed by atoms with Crippen LogP contribution in [0.1, 0.15) is 45.1 Å². The summed E-state index contributed by atoms with van der Waals surface area (Å²) in [6.45, 7) is 5.60. The highest BCUT2D eigenvalue weighted by atomic mass is 32.2. The zero-order valence-corrected chi connectivity index (χ0v) is 15.4. The molecule has 0 saturated carbocycles. The lowest BCUT2D eigenvalue weighted by Crippen LogP contribution is -2.30. The van der Waals surface area contributed by atoms with Crippen LogP contribution in [0.25, 0.3) is 6.08 Å². The number of benzene rings is 1. The normalized spacial score (nSPS) is 17.7. The Hall–Kier alpha value is -2.15. The molecule has 1 aliphatic rings. The number of hydrogen-bond acceptors (Lipinski definition) is 5. The number of rotatable bonds is 8. The van der Waals surface area contributed by atoms with Crippen molar-refractivity contribution >= 4 is 34.6 Å². The second kappa shape index (κ2) is 9.36. The first kappa shape index (κ1) is 19.2. The van der Waals surface area contributed by atoms with Crippen LogP contribution in [0, 0.1) is 10.1 Å². The predicted octanol–water partition coefficient (Wildman–Crippen LogP) is 4.47. The second-order valence-corrected chi connectivity index (χ2v) is 6.80. The molecule has 134 valence electrons. The molecule has 1 heterocycles. The van der Waals surface area contributed by atoms with Crippen LogP contribution >= 0.6 is 11.8 Å². The number of amides is 1. The molecular formula is C18H23N3O3S. The van der Waals surface area contributed by atoms with E-state index in [1.54, 1.807) is 23.1 Å². The van der Waals surface area contributed by atoms with Crippen LogP contribution in [-0.4, -0.2) is 34.0 Å². The number of hydrogen-bond donors (Lipinski definition) is 0. The summed E-state index contributed by atoms with van der Waals surface area (Å²) in [6, 6.07) is 6.20. The van der Waals surface area contributed by atoms with Gasteiger partial charge in [0.1, 0.15) is 0 Å². The van der Waals surface area contributed by atoms with Gasteiger partial charge in [-0.15, -0.1) is 0 Å². The van der Waals surface area contributed by atoms with E-state index in [0.717, 1.165) is 43.0 Å². The van der Waals surface area contributed by atoms with Gasteiger partial charge in [-0.25, -0.2) is 0 Å². The molecule has 1 amide bonds.